The summed E-state index contributed by atoms with van der Waals surface area (Å²) in [6.07, 6.45) is 6.65. The molecule has 0 fully saturated rings. The number of aromatic nitrogens is 4. The molecule has 0 aromatic carbocycles. The molecule has 1 aliphatic rings. The monoisotopic (exact) mass is 288 g/mol. The molecule has 20 heavy (non-hydrogen) atoms. The fourth-order valence-corrected chi connectivity index (χ4v) is 4.02. The fraction of sp³-hybridized carbons (Fsp3) is 0.500. The second kappa shape index (κ2) is 4.41. The predicted molar refractivity (Wildman–Crippen MR) is 78.6 cm³/mol. The van der Waals surface area contributed by atoms with E-state index in [1.165, 1.54) is 35.1 Å². The molecule has 0 bridgehead atoms. The summed E-state index contributed by atoms with van der Waals surface area (Å²) in [6.45, 7) is 3.96. The first-order valence-electron chi connectivity index (χ1n) is 7.04. The van der Waals surface area contributed by atoms with Gasteiger partial charge in [0, 0.05) is 4.88 Å². The first-order chi connectivity index (χ1) is 9.72. The van der Waals surface area contributed by atoms with Crippen molar-refractivity contribution in [1.82, 2.24) is 19.6 Å². The van der Waals surface area contributed by atoms with Crippen LogP contribution in [0.3, 0.4) is 0 Å². The summed E-state index contributed by atoms with van der Waals surface area (Å²) in [6, 6.07) is 0.435. The van der Waals surface area contributed by atoms with Crippen LogP contribution in [0.2, 0.25) is 0 Å². The molecular formula is C14H16N4OS. The summed E-state index contributed by atoms with van der Waals surface area (Å²) >= 11 is 1.80. The molecular weight excluding hydrogens is 272 g/mol. The zero-order valence-corrected chi connectivity index (χ0v) is 12.4. The number of nitrogens with zero attached hydrogens (tertiary/aromatic N) is 4. The van der Waals surface area contributed by atoms with E-state index in [0.717, 1.165) is 16.9 Å². The van der Waals surface area contributed by atoms with Crippen molar-refractivity contribution < 1.29 is 4.74 Å². The highest BCUT2D eigenvalue weighted by Crippen LogP contribution is 2.37. The van der Waals surface area contributed by atoms with E-state index in [1.54, 1.807) is 22.2 Å². The van der Waals surface area contributed by atoms with Crippen LogP contribution in [0.15, 0.2) is 6.33 Å². The van der Waals surface area contributed by atoms with Gasteiger partial charge in [0.25, 0.3) is 0 Å². The third-order valence-electron chi connectivity index (χ3n) is 3.61. The Bertz CT molecular complexity index is 789. The molecule has 0 unspecified atom stereocenters. The Morgan fingerprint density at radius 1 is 1.30 bits per heavy atom. The normalized spacial score (nSPS) is 15.2. The highest BCUT2D eigenvalue weighted by molar-refractivity contribution is 7.19. The van der Waals surface area contributed by atoms with Crippen molar-refractivity contribution in [3.8, 4) is 6.01 Å². The van der Waals surface area contributed by atoms with E-state index in [0.29, 0.717) is 6.01 Å². The topological polar surface area (TPSA) is 52.3 Å². The van der Waals surface area contributed by atoms with Gasteiger partial charge in [-0.25, -0.2) is 4.98 Å². The summed E-state index contributed by atoms with van der Waals surface area (Å²) in [5, 5.41) is 5.54. The van der Waals surface area contributed by atoms with E-state index in [-0.39, 0.29) is 6.10 Å². The number of hydrogen-bond donors (Lipinski definition) is 0. The number of hydrogen-bond acceptors (Lipinski definition) is 5. The smallest absolute Gasteiger partial charge is 0.336 e. The molecule has 5 nitrogen and oxygen atoms in total. The van der Waals surface area contributed by atoms with Crippen molar-refractivity contribution in [2.24, 2.45) is 0 Å². The van der Waals surface area contributed by atoms with Crippen LogP contribution in [0.5, 0.6) is 6.01 Å². The molecule has 4 rings (SSSR count). The van der Waals surface area contributed by atoms with E-state index >= 15 is 0 Å². The Kier molecular flexibility index (Phi) is 2.66. The summed E-state index contributed by atoms with van der Waals surface area (Å²) in [7, 11) is 0. The Morgan fingerprint density at radius 2 is 2.15 bits per heavy atom. The van der Waals surface area contributed by atoms with Crippen LogP contribution in [-0.2, 0) is 12.8 Å². The molecule has 0 saturated heterocycles. The zero-order chi connectivity index (χ0) is 13.7. The third kappa shape index (κ3) is 1.78. The molecule has 3 aromatic rings. The Labute approximate surface area is 120 Å². The molecule has 3 aromatic heterocycles. The first kappa shape index (κ1) is 12.1. The van der Waals surface area contributed by atoms with Gasteiger partial charge < -0.3 is 4.74 Å². The van der Waals surface area contributed by atoms with Gasteiger partial charge in [0.1, 0.15) is 11.2 Å². The molecule has 0 N–H and O–H groups in total. The highest BCUT2D eigenvalue weighted by atomic mass is 32.1. The van der Waals surface area contributed by atoms with Crippen LogP contribution in [0.1, 0.15) is 37.1 Å². The Morgan fingerprint density at radius 3 is 3.00 bits per heavy atom. The van der Waals surface area contributed by atoms with Crippen molar-refractivity contribution >= 4 is 27.2 Å². The second-order valence-electron chi connectivity index (χ2n) is 5.46. The SMILES string of the molecule is CC(C)Oc1nc2c3c4c(sc3ncn2n1)CCCC4. The van der Waals surface area contributed by atoms with E-state index in [4.69, 9.17) is 4.74 Å². The molecule has 0 aliphatic heterocycles. The minimum absolute atomic E-state index is 0.0762. The quantitative estimate of drug-likeness (QED) is 0.727. The maximum Gasteiger partial charge on any atom is 0.336 e. The minimum atomic E-state index is 0.0762. The van der Waals surface area contributed by atoms with Crippen molar-refractivity contribution in [1.29, 1.82) is 0 Å². The van der Waals surface area contributed by atoms with Crippen molar-refractivity contribution in [3.05, 3.63) is 16.8 Å². The molecule has 0 amide bonds. The van der Waals surface area contributed by atoms with Gasteiger partial charge in [0.2, 0.25) is 0 Å². The highest BCUT2D eigenvalue weighted by Gasteiger charge is 2.21. The largest absolute Gasteiger partial charge is 0.460 e. The molecule has 0 spiro atoms. The van der Waals surface area contributed by atoms with Gasteiger partial charge in [-0.1, -0.05) is 0 Å². The van der Waals surface area contributed by atoms with Gasteiger partial charge in [-0.3, -0.25) is 0 Å². The standard InChI is InChI=1S/C14H16N4OS/c1-8(2)19-14-16-12-11-9-5-3-4-6-10(9)20-13(11)15-7-18(12)17-14/h7-8H,3-6H2,1-2H3. The van der Waals surface area contributed by atoms with E-state index in [9.17, 15) is 0 Å². The maximum absolute atomic E-state index is 5.60. The van der Waals surface area contributed by atoms with Crippen LogP contribution in [0.4, 0.5) is 0 Å². The van der Waals surface area contributed by atoms with Gasteiger partial charge in [-0.15, -0.1) is 16.4 Å². The van der Waals surface area contributed by atoms with Crippen LogP contribution in [0, 0.1) is 0 Å². The molecule has 3 heterocycles. The van der Waals surface area contributed by atoms with Gasteiger partial charge in [0.15, 0.2) is 5.65 Å². The predicted octanol–water partition coefficient (Wildman–Crippen LogP) is 3.01. The van der Waals surface area contributed by atoms with Crippen molar-refractivity contribution in [3.63, 3.8) is 0 Å². The van der Waals surface area contributed by atoms with Gasteiger partial charge in [0.05, 0.1) is 11.5 Å². The molecule has 1 aliphatic carbocycles. The maximum atomic E-state index is 5.60. The van der Waals surface area contributed by atoms with Crippen LogP contribution in [-0.4, -0.2) is 25.7 Å². The van der Waals surface area contributed by atoms with Gasteiger partial charge in [-0.2, -0.15) is 9.50 Å². The summed E-state index contributed by atoms with van der Waals surface area (Å²) < 4.78 is 7.34. The number of aryl methyl sites for hydroxylation is 2. The van der Waals surface area contributed by atoms with Crippen LogP contribution < -0.4 is 4.74 Å². The lowest BCUT2D eigenvalue weighted by atomic mass is 9.97. The number of ether oxygens (including phenoxy) is 1. The minimum Gasteiger partial charge on any atom is -0.460 e. The lowest BCUT2D eigenvalue weighted by Crippen LogP contribution is -2.06. The summed E-state index contributed by atoms with van der Waals surface area (Å²) in [4.78, 5) is 11.6. The fourth-order valence-electron chi connectivity index (χ4n) is 2.80. The molecule has 0 saturated carbocycles. The number of thiophene rings is 1. The van der Waals surface area contributed by atoms with Gasteiger partial charge in [-0.05, 0) is 45.1 Å². The summed E-state index contributed by atoms with van der Waals surface area (Å²) in [5.41, 5.74) is 2.31. The van der Waals surface area contributed by atoms with Gasteiger partial charge >= 0.3 is 6.01 Å². The second-order valence-corrected chi connectivity index (χ2v) is 6.55. The zero-order valence-electron chi connectivity index (χ0n) is 11.6. The van der Waals surface area contributed by atoms with E-state index in [1.807, 2.05) is 13.8 Å². The third-order valence-corrected chi connectivity index (χ3v) is 4.81. The lowest BCUT2D eigenvalue weighted by Gasteiger charge is -2.09. The number of rotatable bonds is 2. The van der Waals surface area contributed by atoms with E-state index < -0.39 is 0 Å². The first-order valence-corrected chi connectivity index (χ1v) is 7.86. The van der Waals surface area contributed by atoms with Crippen molar-refractivity contribution in [2.45, 2.75) is 45.6 Å². The molecule has 104 valence electrons. The van der Waals surface area contributed by atoms with Crippen molar-refractivity contribution in [2.75, 3.05) is 0 Å². The lowest BCUT2D eigenvalue weighted by molar-refractivity contribution is 0.222. The molecule has 6 heteroatoms. The number of fused-ring (bicyclic) bond motifs is 5. The van der Waals surface area contributed by atoms with E-state index in [2.05, 4.69) is 15.1 Å². The average Bonchev–Trinajstić information content (AvgIpc) is 2.96. The molecule has 0 atom stereocenters. The summed E-state index contributed by atoms with van der Waals surface area (Å²) in [5.74, 6) is 0. The average molecular weight is 288 g/mol. The van der Waals surface area contributed by atoms with Crippen LogP contribution >= 0.6 is 11.3 Å². The Hall–Kier alpha value is -1.69. The Balaban J connectivity index is 1.97. The molecule has 0 radical (unpaired) electrons. The van der Waals surface area contributed by atoms with Crippen LogP contribution in [0.25, 0.3) is 15.9 Å².